The van der Waals surface area contributed by atoms with Gasteiger partial charge in [0.05, 0.1) is 5.41 Å². The van der Waals surface area contributed by atoms with Crippen LogP contribution in [0.5, 0.6) is 0 Å². The molecular formula is C14H23NO2. The Kier molecular flexibility index (Phi) is 2.35. The zero-order valence-electron chi connectivity index (χ0n) is 10.9. The van der Waals surface area contributed by atoms with E-state index in [9.17, 15) is 9.90 Å². The first kappa shape index (κ1) is 11.5. The molecule has 0 radical (unpaired) electrons. The van der Waals surface area contributed by atoms with Gasteiger partial charge >= 0.3 is 0 Å². The predicted octanol–water partition coefficient (Wildman–Crippen LogP) is 1.65. The van der Waals surface area contributed by atoms with Crippen LogP contribution in [0.25, 0.3) is 0 Å². The molecule has 0 heterocycles. The standard InChI is InChI=1S/C14H23NO2/c1-15(2)12(17)14-6-10-3-11(7-14)5-13(4-10,8-14)9-16/h10-11,16H,3-9H2,1-2H3. The van der Waals surface area contributed by atoms with E-state index in [4.69, 9.17) is 0 Å². The average molecular weight is 237 g/mol. The average Bonchev–Trinajstić information content (AvgIpc) is 2.26. The normalized spacial score (nSPS) is 47.2. The molecule has 0 saturated heterocycles. The second kappa shape index (κ2) is 3.47. The molecule has 4 aliphatic rings. The van der Waals surface area contributed by atoms with Gasteiger partial charge in [-0.3, -0.25) is 4.79 Å². The number of rotatable bonds is 2. The van der Waals surface area contributed by atoms with Crippen LogP contribution in [0.2, 0.25) is 0 Å². The van der Waals surface area contributed by atoms with Gasteiger partial charge in [0, 0.05) is 20.7 Å². The van der Waals surface area contributed by atoms with Crippen molar-refractivity contribution < 1.29 is 9.90 Å². The van der Waals surface area contributed by atoms with Crippen LogP contribution in [0.4, 0.5) is 0 Å². The van der Waals surface area contributed by atoms with E-state index in [1.807, 2.05) is 14.1 Å². The van der Waals surface area contributed by atoms with Crippen LogP contribution in [0.3, 0.4) is 0 Å². The summed E-state index contributed by atoms with van der Waals surface area (Å²) in [6.07, 6.45) is 6.68. The summed E-state index contributed by atoms with van der Waals surface area (Å²) in [5.74, 6) is 1.68. The number of nitrogens with zero attached hydrogens (tertiary/aromatic N) is 1. The number of carbonyl (C=O) groups excluding carboxylic acids is 1. The van der Waals surface area contributed by atoms with Crippen LogP contribution in [-0.2, 0) is 4.79 Å². The van der Waals surface area contributed by atoms with Crippen molar-refractivity contribution in [2.75, 3.05) is 20.7 Å². The fourth-order valence-corrected chi connectivity index (χ4v) is 5.36. The lowest BCUT2D eigenvalue weighted by molar-refractivity contribution is -0.170. The fraction of sp³-hybridized carbons (Fsp3) is 0.929. The fourth-order valence-electron chi connectivity index (χ4n) is 5.36. The molecule has 0 aliphatic heterocycles. The number of aliphatic hydroxyl groups excluding tert-OH is 1. The molecular weight excluding hydrogens is 214 g/mol. The predicted molar refractivity (Wildman–Crippen MR) is 65.3 cm³/mol. The maximum atomic E-state index is 12.5. The lowest BCUT2D eigenvalue weighted by atomic mass is 9.44. The summed E-state index contributed by atoms with van der Waals surface area (Å²) in [5, 5.41) is 9.74. The summed E-state index contributed by atoms with van der Waals surface area (Å²) in [7, 11) is 3.74. The van der Waals surface area contributed by atoms with Crippen molar-refractivity contribution in [3.8, 4) is 0 Å². The van der Waals surface area contributed by atoms with Gasteiger partial charge < -0.3 is 10.0 Å². The lowest BCUT2D eigenvalue weighted by Crippen LogP contribution is -2.58. The van der Waals surface area contributed by atoms with Gasteiger partial charge in [0.2, 0.25) is 5.91 Å². The Morgan fingerprint density at radius 3 is 2.29 bits per heavy atom. The first-order valence-electron chi connectivity index (χ1n) is 6.81. The molecule has 17 heavy (non-hydrogen) atoms. The summed E-state index contributed by atoms with van der Waals surface area (Å²) in [4.78, 5) is 14.3. The number of carbonyl (C=O) groups is 1. The molecule has 1 N–H and O–H groups in total. The van der Waals surface area contributed by atoms with Gasteiger partial charge in [0.1, 0.15) is 0 Å². The molecule has 4 aliphatic carbocycles. The maximum absolute atomic E-state index is 12.5. The SMILES string of the molecule is CN(C)C(=O)C12CC3CC(CC(CO)(C3)C1)C2. The topological polar surface area (TPSA) is 40.5 Å². The molecule has 4 bridgehead atoms. The van der Waals surface area contributed by atoms with Crippen molar-refractivity contribution in [2.45, 2.75) is 38.5 Å². The summed E-state index contributed by atoms with van der Waals surface area (Å²) in [6.45, 7) is 0.280. The highest BCUT2D eigenvalue weighted by atomic mass is 16.3. The minimum atomic E-state index is -0.129. The molecule has 0 aromatic carbocycles. The van der Waals surface area contributed by atoms with Gasteiger partial charge in [0.15, 0.2) is 0 Å². The van der Waals surface area contributed by atoms with Gasteiger partial charge in [-0.15, -0.1) is 0 Å². The molecule has 4 rings (SSSR count). The van der Waals surface area contributed by atoms with Gasteiger partial charge in [-0.2, -0.15) is 0 Å². The molecule has 3 heteroatoms. The molecule has 4 saturated carbocycles. The van der Waals surface area contributed by atoms with E-state index in [1.165, 1.54) is 6.42 Å². The zero-order valence-corrected chi connectivity index (χ0v) is 10.9. The molecule has 4 fully saturated rings. The Morgan fingerprint density at radius 2 is 1.82 bits per heavy atom. The monoisotopic (exact) mass is 237 g/mol. The molecule has 0 aromatic heterocycles. The first-order valence-corrected chi connectivity index (χ1v) is 6.81. The smallest absolute Gasteiger partial charge is 0.228 e. The van der Waals surface area contributed by atoms with Crippen LogP contribution >= 0.6 is 0 Å². The van der Waals surface area contributed by atoms with E-state index in [0.717, 1.165) is 32.1 Å². The molecule has 1 amide bonds. The third kappa shape index (κ3) is 1.55. The van der Waals surface area contributed by atoms with Gasteiger partial charge in [-0.1, -0.05) is 0 Å². The Balaban J connectivity index is 1.95. The first-order chi connectivity index (χ1) is 7.99. The number of hydrogen-bond acceptors (Lipinski definition) is 2. The van der Waals surface area contributed by atoms with E-state index in [1.54, 1.807) is 4.90 Å². The van der Waals surface area contributed by atoms with Crippen molar-refractivity contribution >= 4 is 5.91 Å². The lowest BCUT2D eigenvalue weighted by Gasteiger charge is -2.61. The third-order valence-electron chi connectivity index (χ3n) is 5.38. The Labute approximate surface area is 103 Å². The second-order valence-electron chi connectivity index (χ2n) is 7.10. The van der Waals surface area contributed by atoms with Crippen LogP contribution in [-0.4, -0.2) is 36.6 Å². The van der Waals surface area contributed by atoms with Gasteiger partial charge in [-0.25, -0.2) is 0 Å². The van der Waals surface area contributed by atoms with E-state index in [0.29, 0.717) is 17.7 Å². The summed E-state index contributed by atoms with van der Waals surface area (Å²) in [6, 6.07) is 0. The molecule has 2 atom stereocenters. The van der Waals surface area contributed by atoms with Gasteiger partial charge in [-0.05, 0) is 55.8 Å². The van der Waals surface area contributed by atoms with E-state index >= 15 is 0 Å². The van der Waals surface area contributed by atoms with Crippen LogP contribution in [0.1, 0.15) is 38.5 Å². The highest BCUT2D eigenvalue weighted by molar-refractivity contribution is 5.83. The molecule has 0 spiro atoms. The Hall–Kier alpha value is -0.570. The van der Waals surface area contributed by atoms with Crippen molar-refractivity contribution in [3.05, 3.63) is 0 Å². The summed E-state index contributed by atoms with van der Waals surface area (Å²) >= 11 is 0. The highest BCUT2D eigenvalue weighted by Gasteiger charge is 2.60. The minimum Gasteiger partial charge on any atom is -0.396 e. The molecule has 3 nitrogen and oxygen atoms in total. The van der Waals surface area contributed by atoms with E-state index < -0.39 is 0 Å². The molecule has 0 aromatic rings. The zero-order chi connectivity index (χ0) is 12.3. The molecule has 2 unspecified atom stereocenters. The quantitative estimate of drug-likeness (QED) is 0.793. The molecule has 96 valence electrons. The second-order valence-corrected chi connectivity index (χ2v) is 7.10. The number of amides is 1. The van der Waals surface area contributed by atoms with E-state index in [-0.39, 0.29) is 17.4 Å². The number of aliphatic hydroxyl groups is 1. The van der Waals surface area contributed by atoms with Crippen molar-refractivity contribution in [1.82, 2.24) is 4.90 Å². The minimum absolute atomic E-state index is 0.0791. The van der Waals surface area contributed by atoms with E-state index in [2.05, 4.69) is 0 Å². The van der Waals surface area contributed by atoms with Crippen LogP contribution in [0.15, 0.2) is 0 Å². The van der Waals surface area contributed by atoms with Gasteiger partial charge in [0.25, 0.3) is 0 Å². The Bertz CT molecular complexity index is 336. The maximum Gasteiger partial charge on any atom is 0.228 e. The highest BCUT2D eigenvalue weighted by Crippen LogP contribution is 2.65. The summed E-state index contributed by atoms with van der Waals surface area (Å²) < 4.78 is 0. The Morgan fingerprint density at radius 1 is 1.24 bits per heavy atom. The van der Waals surface area contributed by atoms with Crippen LogP contribution in [0, 0.1) is 22.7 Å². The van der Waals surface area contributed by atoms with Crippen molar-refractivity contribution in [2.24, 2.45) is 22.7 Å². The van der Waals surface area contributed by atoms with Crippen LogP contribution < -0.4 is 0 Å². The number of hydrogen-bond donors (Lipinski definition) is 1. The van der Waals surface area contributed by atoms with Crippen molar-refractivity contribution in [3.63, 3.8) is 0 Å². The largest absolute Gasteiger partial charge is 0.396 e. The third-order valence-corrected chi connectivity index (χ3v) is 5.38. The van der Waals surface area contributed by atoms with Crippen molar-refractivity contribution in [1.29, 1.82) is 0 Å². The summed E-state index contributed by atoms with van der Waals surface area (Å²) in [5.41, 5.74) is -0.0495.